The molecule has 0 heterocycles. The van der Waals surface area contributed by atoms with Gasteiger partial charge in [0, 0.05) is 11.8 Å². The van der Waals surface area contributed by atoms with Gasteiger partial charge in [-0.25, -0.2) is 8.42 Å². The summed E-state index contributed by atoms with van der Waals surface area (Å²) in [5, 5.41) is 2.96. The zero-order chi connectivity index (χ0) is 17.0. The number of rotatable bonds is 5. The van der Waals surface area contributed by atoms with E-state index in [9.17, 15) is 13.2 Å². The van der Waals surface area contributed by atoms with Crippen LogP contribution in [0.25, 0.3) is 0 Å². The molecule has 0 radical (unpaired) electrons. The highest BCUT2D eigenvalue weighted by Gasteiger charge is 2.16. The second-order valence-corrected chi connectivity index (χ2v) is 7.66. The van der Waals surface area contributed by atoms with Crippen LogP contribution < -0.4 is 5.32 Å². The lowest BCUT2D eigenvalue weighted by Gasteiger charge is -2.18. The van der Waals surface area contributed by atoms with Gasteiger partial charge in [-0.05, 0) is 37.1 Å². The van der Waals surface area contributed by atoms with Crippen molar-refractivity contribution in [3.63, 3.8) is 0 Å². The van der Waals surface area contributed by atoms with Gasteiger partial charge in [-0.3, -0.25) is 4.79 Å². The van der Waals surface area contributed by atoms with E-state index < -0.39 is 9.84 Å². The van der Waals surface area contributed by atoms with Crippen molar-refractivity contribution in [3.8, 4) is 0 Å². The molecule has 0 spiro atoms. The van der Waals surface area contributed by atoms with Gasteiger partial charge in [0.05, 0.1) is 10.9 Å². The number of nitrogens with one attached hydrogen (secondary N) is 1. The highest BCUT2D eigenvalue weighted by Crippen LogP contribution is 2.18. The molecule has 2 aromatic rings. The van der Waals surface area contributed by atoms with Gasteiger partial charge in [0.1, 0.15) is 0 Å². The Bertz CT molecular complexity index is 795. The average molecular weight is 331 g/mol. The summed E-state index contributed by atoms with van der Waals surface area (Å²) in [4.78, 5) is 12.6. The van der Waals surface area contributed by atoms with E-state index in [1.165, 1.54) is 12.1 Å². The standard InChI is InChI=1S/C18H21NO3S/c1-4-17(14-10-8-13(2)9-11-14)19-18(20)15-6-5-7-16(12-15)23(3,21)22/h5-12,17H,4H2,1-3H3,(H,19,20). The van der Waals surface area contributed by atoms with Gasteiger partial charge in [0.15, 0.2) is 9.84 Å². The Kier molecular flexibility index (Phi) is 5.21. The Hall–Kier alpha value is -2.14. The average Bonchev–Trinajstić information content (AvgIpc) is 2.52. The fourth-order valence-corrected chi connectivity index (χ4v) is 3.00. The number of benzene rings is 2. The van der Waals surface area contributed by atoms with Crippen molar-refractivity contribution in [1.29, 1.82) is 0 Å². The normalized spacial score (nSPS) is 12.7. The molecule has 2 aromatic carbocycles. The molecule has 0 saturated heterocycles. The zero-order valence-corrected chi connectivity index (χ0v) is 14.4. The Morgan fingerprint density at radius 2 is 1.78 bits per heavy atom. The van der Waals surface area contributed by atoms with Crippen LogP contribution >= 0.6 is 0 Å². The van der Waals surface area contributed by atoms with E-state index >= 15 is 0 Å². The number of aryl methyl sites for hydroxylation is 1. The van der Waals surface area contributed by atoms with Crippen molar-refractivity contribution in [2.24, 2.45) is 0 Å². The van der Waals surface area contributed by atoms with Crippen LogP contribution in [0.3, 0.4) is 0 Å². The van der Waals surface area contributed by atoms with Crippen LogP contribution in [0.15, 0.2) is 53.4 Å². The maximum Gasteiger partial charge on any atom is 0.251 e. The Morgan fingerprint density at radius 1 is 1.13 bits per heavy atom. The molecule has 1 amide bonds. The predicted molar refractivity (Wildman–Crippen MR) is 91.2 cm³/mol. The van der Waals surface area contributed by atoms with Crippen LogP contribution in [-0.4, -0.2) is 20.6 Å². The van der Waals surface area contributed by atoms with Crippen LogP contribution in [0.5, 0.6) is 0 Å². The molecule has 0 aromatic heterocycles. The number of amides is 1. The van der Waals surface area contributed by atoms with Crippen molar-refractivity contribution in [2.75, 3.05) is 6.26 Å². The van der Waals surface area contributed by atoms with E-state index in [4.69, 9.17) is 0 Å². The van der Waals surface area contributed by atoms with Crippen molar-refractivity contribution >= 4 is 15.7 Å². The molecule has 5 heteroatoms. The molecule has 0 fully saturated rings. The van der Waals surface area contributed by atoms with Crippen LogP contribution in [0.2, 0.25) is 0 Å². The Labute approximate surface area is 137 Å². The molecule has 0 saturated carbocycles. The topological polar surface area (TPSA) is 63.2 Å². The molecular weight excluding hydrogens is 310 g/mol. The fourth-order valence-electron chi connectivity index (χ4n) is 2.33. The van der Waals surface area contributed by atoms with Crippen molar-refractivity contribution in [1.82, 2.24) is 5.32 Å². The molecule has 0 aliphatic rings. The summed E-state index contributed by atoms with van der Waals surface area (Å²) in [5.74, 6) is -0.275. The number of hydrogen-bond acceptors (Lipinski definition) is 3. The van der Waals surface area contributed by atoms with Crippen LogP contribution in [0.4, 0.5) is 0 Å². The number of sulfone groups is 1. The summed E-state index contributed by atoms with van der Waals surface area (Å²) < 4.78 is 23.2. The number of carbonyl (C=O) groups excluding carboxylic acids is 1. The molecule has 1 N–H and O–H groups in total. The highest BCUT2D eigenvalue weighted by molar-refractivity contribution is 7.90. The molecule has 23 heavy (non-hydrogen) atoms. The number of carbonyl (C=O) groups is 1. The first kappa shape index (κ1) is 17.2. The highest BCUT2D eigenvalue weighted by atomic mass is 32.2. The third-order valence-corrected chi connectivity index (χ3v) is 4.83. The van der Waals surface area contributed by atoms with Crippen LogP contribution in [-0.2, 0) is 9.84 Å². The fraction of sp³-hybridized carbons (Fsp3) is 0.278. The van der Waals surface area contributed by atoms with Gasteiger partial charge in [0.25, 0.3) is 5.91 Å². The van der Waals surface area contributed by atoms with Crippen LogP contribution in [0, 0.1) is 6.92 Å². The minimum atomic E-state index is -3.33. The second kappa shape index (κ2) is 6.96. The first-order valence-corrected chi connectivity index (χ1v) is 9.38. The molecule has 0 bridgehead atoms. The Balaban J connectivity index is 2.22. The predicted octanol–water partition coefficient (Wildman–Crippen LogP) is 3.28. The molecule has 122 valence electrons. The quantitative estimate of drug-likeness (QED) is 0.914. The lowest BCUT2D eigenvalue weighted by Crippen LogP contribution is -2.28. The molecule has 0 aliphatic carbocycles. The van der Waals surface area contributed by atoms with E-state index in [-0.39, 0.29) is 16.8 Å². The summed E-state index contributed by atoms with van der Waals surface area (Å²) >= 11 is 0. The molecule has 1 atom stereocenters. The molecule has 0 aliphatic heterocycles. The summed E-state index contributed by atoms with van der Waals surface area (Å²) in [6.45, 7) is 4.01. The van der Waals surface area contributed by atoms with Crippen molar-refractivity contribution in [2.45, 2.75) is 31.2 Å². The van der Waals surface area contributed by atoms with Gasteiger partial charge in [-0.1, -0.05) is 42.8 Å². The molecule has 2 rings (SSSR count). The smallest absolute Gasteiger partial charge is 0.251 e. The summed E-state index contributed by atoms with van der Waals surface area (Å²) in [7, 11) is -3.33. The summed E-state index contributed by atoms with van der Waals surface area (Å²) in [5.41, 5.74) is 2.54. The van der Waals surface area contributed by atoms with Gasteiger partial charge >= 0.3 is 0 Å². The first-order chi connectivity index (χ1) is 10.8. The van der Waals surface area contributed by atoms with E-state index in [0.29, 0.717) is 5.56 Å². The summed E-state index contributed by atoms with van der Waals surface area (Å²) in [6, 6.07) is 14.0. The lowest BCUT2D eigenvalue weighted by atomic mass is 10.0. The monoisotopic (exact) mass is 331 g/mol. The molecule has 4 nitrogen and oxygen atoms in total. The van der Waals surface area contributed by atoms with Gasteiger partial charge in [-0.15, -0.1) is 0 Å². The second-order valence-electron chi connectivity index (χ2n) is 5.64. The minimum absolute atomic E-state index is 0.106. The maximum absolute atomic E-state index is 12.4. The lowest BCUT2D eigenvalue weighted by molar-refractivity contribution is 0.0935. The Morgan fingerprint density at radius 3 is 2.35 bits per heavy atom. The molecule has 1 unspecified atom stereocenters. The van der Waals surface area contributed by atoms with Crippen molar-refractivity contribution < 1.29 is 13.2 Å². The SMILES string of the molecule is CCC(NC(=O)c1cccc(S(C)(=O)=O)c1)c1ccc(C)cc1. The first-order valence-electron chi connectivity index (χ1n) is 7.49. The third-order valence-electron chi connectivity index (χ3n) is 3.72. The zero-order valence-electron chi connectivity index (χ0n) is 13.5. The van der Waals surface area contributed by atoms with Crippen molar-refractivity contribution in [3.05, 3.63) is 65.2 Å². The van der Waals surface area contributed by atoms with Gasteiger partial charge in [-0.2, -0.15) is 0 Å². The van der Waals surface area contributed by atoms with E-state index in [0.717, 1.165) is 23.8 Å². The van der Waals surface area contributed by atoms with E-state index in [1.807, 2.05) is 38.1 Å². The molecular formula is C18H21NO3S. The maximum atomic E-state index is 12.4. The number of hydrogen-bond donors (Lipinski definition) is 1. The largest absolute Gasteiger partial charge is 0.345 e. The van der Waals surface area contributed by atoms with E-state index in [1.54, 1.807) is 12.1 Å². The van der Waals surface area contributed by atoms with E-state index in [2.05, 4.69) is 5.32 Å². The van der Waals surface area contributed by atoms with Crippen LogP contribution in [0.1, 0.15) is 40.9 Å². The van der Waals surface area contributed by atoms with Gasteiger partial charge in [0.2, 0.25) is 0 Å². The third kappa shape index (κ3) is 4.42. The summed E-state index contributed by atoms with van der Waals surface area (Å²) in [6.07, 6.45) is 1.88. The van der Waals surface area contributed by atoms with Gasteiger partial charge < -0.3 is 5.32 Å². The minimum Gasteiger partial charge on any atom is -0.345 e.